The van der Waals surface area contributed by atoms with Gasteiger partial charge in [0.1, 0.15) is 5.52 Å². The first-order chi connectivity index (χ1) is 17.4. The smallest absolute Gasteiger partial charge is 0.316 e. The first-order valence-corrected chi connectivity index (χ1v) is 12.3. The van der Waals surface area contributed by atoms with Gasteiger partial charge in [0.05, 0.1) is 13.2 Å². The zero-order valence-electron chi connectivity index (χ0n) is 21.1. The van der Waals surface area contributed by atoms with Crippen LogP contribution in [-0.2, 0) is 0 Å². The van der Waals surface area contributed by atoms with Crippen molar-refractivity contribution in [2.75, 3.05) is 25.5 Å². The van der Waals surface area contributed by atoms with E-state index in [4.69, 9.17) is 9.15 Å². The fourth-order valence-corrected chi connectivity index (χ4v) is 4.92. The van der Waals surface area contributed by atoms with Crippen molar-refractivity contribution >= 4 is 23.0 Å². The highest BCUT2D eigenvalue weighted by atomic mass is 16.5. The highest BCUT2D eigenvalue weighted by Gasteiger charge is 2.33. The number of hydrogen-bond donors (Lipinski definition) is 1. The predicted molar refractivity (Wildman–Crippen MR) is 139 cm³/mol. The molecule has 2 aromatic heterocycles. The fraction of sp³-hybridized carbons (Fsp3) is 0.357. The minimum absolute atomic E-state index is 0.00322. The lowest BCUT2D eigenvalue weighted by atomic mass is 9.89. The molecule has 8 heteroatoms. The Morgan fingerprint density at radius 3 is 2.67 bits per heavy atom. The highest BCUT2D eigenvalue weighted by molar-refractivity contribution is 6.01. The van der Waals surface area contributed by atoms with Crippen molar-refractivity contribution in [2.24, 2.45) is 5.92 Å². The largest absolute Gasteiger partial charge is 0.467 e. The topological polar surface area (TPSA) is 93.4 Å². The molecule has 5 rings (SSSR count). The second-order valence-electron chi connectivity index (χ2n) is 9.56. The van der Waals surface area contributed by atoms with E-state index in [0.717, 1.165) is 46.2 Å². The van der Waals surface area contributed by atoms with Crippen LogP contribution >= 0.6 is 0 Å². The zero-order valence-corrected chi connectivity index (χ0v) is 21.1. The van der Waals surface area contributed by atoms with Gasteiger partial charge in [-0.2, -0.15) is 4.98 Å². The molecule has 1 aliphatic rings. The third kappa shape index (κ3) is 4.76. The number of hydrogen-bond acceptors (Lipinski definition) is 7. The number of piperidine rings is 1. The van der Waals surface area contributed by atoms with Gasteiger partial charge in [-0.15, -0.1) is 0 Å². The molecule has 2 aromatic carbocycles. The molecule has 1 fully saturated rings. The predicted octanol–water partition coefficient (Wildman–Crippen LogP) is 5.26. The maximum atomic E-state index is 14.0. The van der Waals surface area contributed by atoms with E-state index in [2.05, 4.69) is 27.2 Å². The first kappa shape index (κ1) is 23.8. The lowest BCUT2D eigenvalue weighted by Gasteiger charge is -2.40. The van der Waals surface area contributed by atoms with Gasteiger partial charge in [0, 0.05) is 36.6 Å². The van der Waals surface area contributed by atoms with Gasteiger partial charge in [-0.25, -0.2) is 9.97 Å². The summed E-state index contributed by atoms with van der Waals surface area (Å²) in [7, 11) is 1.53. The molecule has 2 atom stereocenters. The number of aryl methyl sites for hydroxylation is 2. The molecular formula is C28H31N5O3. The number of likely N-dealkylation sites (tertiary alicyclic amines) is 1. The number of rotatable bonds is 6. The molecule has 1 N–H and O–H groups in total. The third-order valence-corrected chi connectivity index (χ3v) is 6.91. The number of carbonyl (C=O) groups is 1. The average molecular weight is 486 g/mol. The Morgan fingerprint density at radius 2 is 1.89 bits per heavy atom. The molecule has 36 heavy (non-hydrogen) atoms. The molecule has 8 nitrogen and oxygen atoms in total. The number of methoxy groups -OCH3 is 1. The first-order valence-electron chi connectivity index (χ1n) is 12.3. The molecule has 1 saturated heterocycles. The number of aromatic nitrogens is 3. The number of fused-ring (bicyclic) bond motifs is 1. The van der Waals surface area contributed by atoms with E-state index in [-0.39, 0.29) is 11.9 Å². The van der Waals surface area contributed by atoms with Crippen LogP contribution in [0.15, 0.2) is 53.2 Å². The Labute approximate surface area is 210 Å². The van der Waals surface area contributed by atoms with Crippen LogP contribution in [0, 0.1) is 19.8 Å². The normalized spacial score (nSPS) is 17.8. The summed E-state index contributed by atoms with van der Waals surface area (Å²) in [4.78, 5) is 29.1. The van der Waals surface area contributed by atoms with Crippen LogP contribution < -0.4 is 10.1 Å². The van der Waals surface area contributed by atoms with Crippen LogP contribution in [0.2, 0.25) is 0 Å². The standard InChI is InChI=1S/C28H31N5O3/c1-17-7-9-21(20-14-29-27(35-4)30-15-20)22(12-17)26(34)33-11-5-6-19(3)24(33)16-31-28-32-23-13-18(2)8-10-25(23)36-28/h7-10,12-15,19,24H,5-6,11,16H2,1-4H3,(H,31,32)/t19-,24-/m1/s1. The van der Waals surface area contributed by atoms with Gasteiger partial charge >= 0.3 is 6.01 Å². The second kappa shape index (κ2) is 9.97. The number of anilines is 1. The fourth-order valence-electron chi connectivity index (χ4n) is 4.92. The van der Waals surface area contributed by atoms with Crippen LogP contribution in [0.1, 0.15) is 41.3 Å². The van der Waals surface area contributed by atoms with Crippen LogP contribution in [0.4, 0.5) is 6.01 Å². The van der Waals surface area contributed by atoms with Crippen molar-refractivity contribution in [1.29, 1.82) is 0 Å². The number of carbonyl (C=O) groups excluding carboxylic acids is 1. The number of nitrogens with zero attached hydrogens (tertiary/aromatic N) is 4. The van der Waals surface area contributed by atoms with E-state index in [1.54, 1.807) is 12.4 Å². The Bertz CT molecular complexity index is 1380. The van der Waals surface area contributed by atoms with Crippen molar-refractivity contribution in [2.45, 2.75) is 39.7 Å². The van der Waals surface area contributed by atoms with Crippen LogP contribution in [-0.4, -0.2) is 52.0 Å². The molecule has 0 radical (unpaired) electrons. The summed E-state index contributed by atoms with van der Waals surface area (Å²) in [6.45, 7) is 7.50. The number of oxazole rings is 1. The van der Waals surface area contributed by atoms with Gasteiger partial charge in [0.2, 0.25) is 0 Å². The third-order valence-electron chi connectivity index (χ3n) is 6.91. The molecule has 1 aliphatic heterocycles. The number of benzene rings is 2. The Kier molecular flexibility index (Phi) is 6.59. The summed E-state index contributed by atoms with van der Waals surface area (Å²) >= 11 is 0. The van der Waals surface area contributed by atoms with Gasteiger partial charge in [-0.1, -0.05) is 30.7 Å². The van der Waals surface area contributed by atoms with Gasteiger partial charge in [0.15, 0.2) is 5.58 Å². The van der Waals surface area contributed by atoms with Crippen molar-refractivity contribution in [3.05, 3.63) is 65.5 Å². The monoisotopic (exact) mass is 485 g/mol. The summed E-state index contributed by atoms with van der Waals surface area (Å²) in [5.41, 5.74) is 5.98. The van der Waals surface area contributed by atoms with Gasteiger partial charge in [0.25, 0.3) is 11.9 Å². The molecule has 0 spiro atoms. The molecule has 186 valence electrons. The van der Waals surface area contributed by atoms with Crippen LogP contribution in [0.25, 0.3) is 22.2 Å². The summed E-state index contributed by atoms with van der Waals surface area (Å²) in [5, 5.41) is 3.35. The van der Waals surface area contributed by atoms with E-state index in [1.165, 1.54) is 7.11 Å². The maximum Gasteiger partial charge on any atom is 0.316 e. The van der Waals surface area contributed by atoms with Gasteiger partial charge in [-0.3, -0.25) is 4.79 Å². The summed E-state index contributed by atoms with van der Waals surface area (Å²) < 4.78 is 11.0. The number of ether oxygens (including phenoxy) is 1. The van der Waals surface area contributed by atoms with Crippen molar-refractivity contribution in [3.8, 4) is 17.1 Å². The zero-order chi connectivity index (χ0) is 25.2. The molecule has 0 unspecified atom stereocenters. The van der Waals surface area contributed by atoms with Crippen LogP contribution in [0.3, 0.4) is 0 Å². The van der Waals surface area contributed by atoms with Crippen molar-refractivity contribution in [3.63, 3.8) is 0 Å². The SMILES string of the molecule is COc1ncc(-c2ccc(C)cc2C(=O)N2CCC[C@@H](C)[C@H]2CNc2nc3cc(C)ccc3o2)cn1. The average Bonchev–Trinajstić information content (AvgIpc) is 3.29. The molecule has 1 amide bonds. The minimum Gasteiger partial charge on any atom is -0.467 e. The van der Waals surface area contributed by atoms with Crippen molar-refractivity contribution in [1.82, 2.24) is 19.9 Å². The lowest BCUT2D eigenvalue weighted by molar-refractivity contribution is 0.0540. The molecule has 0 bridgehead atoms. The summed E-state index contributed by atoms with van der Waals surface area (Å²) in [5.74, 6) is 0.343. The Morgan fingerprint density at radius 1 is 1.14 bits per heavy atom. The molecule has 3 heterocycles. The molecule has 4 aromatic rings. The molecule has 0 saturated carbocycles. The summed E-state index contributed by atoms with van der Waals surface area (Å²) in [6.07, 6.45) is 5.43. The lowest BCUT2D eigenvalue weighted by Crippen LogP contribution is -2.51. The number of nitrogens with one attached hydrogen (secondary N) is 1. The number of amides is 1. The Balaban J connectivity index is 1.41. The Hall–Kier alpha value is -3.94. The van der Waals surface area contributed by atoms with E-state index in [1.807, 2.05) is 55.1 Å². The van der Waals surface area contributed by atoms with Gasteiger partial charge in [-0.05, 0) is 61.9 Å². The summed E-state index contributed by atoms with van der Waals surface area (Å²) in [6, 6.07) is 12.6. The van der Waals surface area contributed by atoms with E-state index in [0.29, 0.717) is 36.6 Å². The second-order valence-corrected chi connectivity index (χ2v) is 9.56. The maximum absolute atomic E-state index is 14.0. The van der Waals surface area contributed by atoms with E-state index < -0.39 is 0 Å². The van der Waals surface area contributed by atoms with Crippen molar-refractivity contribution < 1.29 is 13.9 Å². The van der Waals surface area contributed by atoms with Gasteiger partial charge < -0.3 is 19.4 Å². The quantitative estimate of drug-likeness (QED) is 0.398. The molecular weight excluding hydrogens is 454 g/mol. The van der Waals surface area contributed by atoms with E-state index >= 15 is 0 Å². The van der Waals surface area contributed by atoms with E-state index in [9.17, 15) is 4.79 Å². The highest BCUT2D eigenvalue weighted by Crippen LogP contribution is 2.30. The molecule has 0 aliphatic carbocycles. The van der Waals surface area contributed by atoms with Crippen LogP contribution in [0.5, 0.6) is 6.01 Å². The minimum atomic E-state index is 0.00322.